The molecule has 1 saturated carbocycles. The molecule has 3 atom stereocenters. The quantitative estimate of drug-likeness (QED) is 0.353. The van der Waals surface area contributed by atoms with Gasteiger partial charge in [0.15, 0.2) is 0 Å². The predicted molar refractivity (Wildman–Crippen MR) is 156 cm³/mol. The Labute approximate surface area is 237 Å². The van der Waals surface area contributed by atoms with Gasteiger partial charge in [0.2, 0.25) is 5.91 Å². The lowest BCUT2D eigenvalue weighted by atomic mass is 9.92. The Balaban J connectivity index is 2.08. The van der Waals surface area contributed by atoms with Crippen molar-refractivity contribution in [3.05, 3.63) is 63.7 Å². The highest BCUT2D eigenvalue weighted by atomic mass is 35.5. The molecule has 3 rings (SSSR count). The average molecular weight is 556 g/mol. The summed E-state index contributed by atoms with van der Waals surface area (Å²) < 4.78 is 5.49. The third kappa shape index (κ3) is 7.53. The van der Waals surface area contributed by atoms with Gasteiger partial charge in [-0.25, -0.2) is 4.79 Å². The fraction of sp³-hybridized carbons (Fsp3) is 0.516. The maximum absolute atomic E-state index is 14.4. The molecule has 3 unspecified atom stereocenters. The Morgan fingerprint density at radius 2 is 1.67 bits per heavy atom. The molecule has 0 spiro atoms. The average Bonchev–Trinajstić information content (AvgIpc) is 3.68. The molecule has 0 aliphatic heterocycles. The zero-order chi connectivity index (χ0) is 29.1. The van der Waals surface area contributed by atoms with Crippen molar-refractivity contribution in [2.45, 2.75) is 98.4 Å². The van der Waals surface area contributed by atoms with Crippen LogP contribution in [0.1, 0.15) is 82.2 Å². The Hall–Kier alpha value is -3.06. The molecule has 1 fully saturated rings. The Bertz CT molecular complexity index is 1200. The lowest BCUT2D eigenvalue weighted by molar-refractivity contribution is -0.142. The van der Waals surface area contributed by atoms with E-state index in [0.29, 0.717) is 17.1 Å². The summed E-state index contributed by atoms with van der Waals surface area (Å²) in [5.41, 5.74) is 3.34. The molecule has 0 aromatic heterocycles. The van der Waals surface area contributed by atoms with Crippen molar-refractivity contribution in [3.63, 3.8) is 0 Å². The maximum atomic E-state index is 14.4. The summed E-state index contributed by atoms with van der Waals surface area (Å²) in [5, 5.41) is 6.27. The first-order chi connectivity index (χ1) is 18.2. The van der Waals surface area contributed by atoms with Crippen LogP contribution in [0.4, 0.5) is 10.5 Å². The van der Waals surface area contributed by atoms with Crippen LogP contribution >= 0.6 is 11.6 Å². The number of aryl methyl sites for hydroxylation is 2. The number of anilines is 1. The minimum Gasteiger partial charge on any atom is -0.444 e. The highest BCUT2D eigenvalue weighted by Crippen LogP contribution is 2.39. The number of hydrogen-bond acceptors (Lipinski definition) is 4. The summed E-state index contributed by atoms with van der Waals surface area (Å²) in [7, 11) is 0. The predicted octanol–water partition coefficient (Wildman–Crippen LogP) is 6.88. The van der Waals surface area contributed by atoms with Gasteiger partial charge in [0.25, 0.3) is 5.91 Å². The molecular weight excluding hydrogens is 514 g/mol. The number of rotatable bonds is 9. The third-order valence-corrected chi connectivity index (χ3v) is 7.60. The van der Waals surface area contributed by atoms with Crippen molar-refractivity contribution in [2.75, 3.05) is 5.32 Å². The van der Waals surface area contributed by atoms with Gasteiger partial charge in [-0.1, -0.05) is 62.2 Å². The molecule has 0 bridgehead atoms. The lowest BCUT2D eigenvalue weighted by Gasteiger charge is -2.37. The zero-order valence-electron chi connectivity index (χ0n) is 24.4. The molecule has 0 radical (unpaired) electrons. The van der Waals surface area contributed by atoms with Crippen LogP contribution in [0.5, 0.6) is 0 Å². The second-order valence-corrected chi connectivity index (χ2v) is 12.0. The molecule has 2 aromatic carbocycles. The molecule has 0 heterocycles. The summed E-state index contributed by atoms with van der Waals surface area (Å²) in [6, 6.07) is 9.34. The van der Waals surface area contributed by atoms with Crippen LogP contribution in [0.25, 0.3) is 0 Å². The van der Waals surface area contributed by atoms with Gasteiger partial charge in [-0.3, -0.25) is 9.59 Å². The summed E-state index contributed by atoms with van der Waals surface area (Å²) in [6.07, 6.45) is 1.57. The number of para-hydroxylation sites is 1. The fourth-order valence-electron chi connectivity index (χ4n) is 4.62. The summed E-state index contributed by atoms with van der Waals surface area (Å²) in [5.74, 6) is -0.825. The summed E-state index contributed by atoms with van der Waals surface area (Å²) >= 11 is 6.46. The SMILES string of the molecule is CCC(C)C(NC(=O)OC(C)(C)C)C(=O)N(C1CC1)C(C(=O)Nc1c(C)cccc1Cl)c1cccc(C)c1C. The summed E-state index contributed by atoms with van der Waals surface area (Å²) in [4.78, 5) is 43.0. The molecule has 39 heavy (non-hydrogen) atoms. The maximum Gasteiger partial charge on any atom is 0.408 e. The second kappa shape index (κ2) is 12.4. The number of alkyl carbamates (subject to hydrolysis) is 1. The van der Waals surface area contributed by atoms with E-state index >= 15 is 0 Å². The normalized spacial score (nSPS) is 15.6. The van der Waals surface area contributed by atoms with E-state index in [2.05, 4.69) is 10.6 Å². The number of carbonyl (C=O) groups excluding carboxylic acids is 3. The highest BCUT2D eigenvalue weighted by molar-refractivity contribution is 6.34. The molecule has 1 aliphatic carbocycles. The minimum absolute atomic E-state index is 0.118. The number of benzene rings is 2. The van der Waals surface area contributed by atoms with E-state index in [0.717, 1.165) is 35.1 Å². The van der Waals surface area contributed by atoms with Crippen molar-refractivity contribution in [1.29, 1.82) is 0 Å². The fourth-order valence-corrected chi connectivity index (χ4v) is 4.89. The van der Waals surface area contributed by atoms with Crippen molar-refractivity contribution >= 4 is 35.2 Å². The lowest BCUT2D eigenvalue weighted by Crippen LogP contribution is -2.55. The standard InChI is InChI=1S/C31H42ClN3O4/c1-9-18(2)26(34-30(38)39-31(6,7)8)29(37)35(22-16-17-22)27(23-14-10-12-19(3)21(23)5)28(36)33-25-20(4)13-11-15-24(25)32/h10-15,18,22,26-27H,9,16-17H2,1-8H3,(H,33,36)(H,34,38). The first-order valence-electron chi connectivity index (χ1n) is 13.7. The first-order valence-corrected chi connectivity index (χ1v) is 14.1. The van der Waals surface area contributed by atoms with Crippen LogP contribution in [0.2, 0.25) is 5.02 Å². The van der Waals surface area contributed by atoms with Crippen molar-refractivity contribution in [1.82, 2.24) is 10.2 Å². The highest BCUT2D eigenvalue weighted by Gasteiger charge is 2.45. The van der Waals surface area contributed by atoms with E-state index < -0.39 is 23.8 Å². The molecule has 2 N–H and O–H groups in total. The molecule has 1 aliphatic rings. The number of nitrogens with zero attached hydrogens (tertiary/aromatic N) is 1. The van der Waals surface area contributed by atoms with Gasteiger partial charge in [-0.05, 0) is 88.6 Å². The van der Waals surface area contributed by atoms with Crippen LogP contribution < -0.4 is 10.6 Å². The van der Waals surface area contributed by atoms with Gasteiger partial charge >= 0.3 is 6.09 Å². The van der Waals surface area contributed by atoms with Crippen molar-refractivity contribution in [2.24, 2.45) is 5.92 Å². The second-order valence-electron chi connectivity index (χ2n) is 11.6. The monoisotopic (exact) mass is 555 g/mol. The number of ether oxygens (including phenoxy) is 1. The Kier molecular flexibility index (Phi) is 9.70. The van der Waals surface area contributed by atoms with E-state index in [9.17, 15) is 14.4 Å². The smallest absolute Gasteiger partial charge is 0.408 e. The van der Waals surface area contributed by atoms with E-state index in [1.54, 1.807) is 31.7 Å². The number of nitrogens with one attached hydrogen (secondary N) is 2. The molecule has 0 saturated heterocycles. The topological polar surface area (TPSA) is 87.7 Å². The van der Waals surface area contributed by atoms with Crippen LogP contribution in [0, 0.1) is 26.7 Å². The number of hydrogen-bond donors (Lipinski definition) is 2. The van der Waals surface area contributed by atoms with E-state index in [4.69, 9.17) is 16.3 Å². The first kappa shape index (κ1) is 30.5. The Morgan fingerprint density at radius 3 is 2.23 bits per heavy atom. The van der Waals surface area contributed by atoms with Gasteiger partial charge in [0, 0.05) is 6.04 Å². The van der Waals surface area contributed by atoms with Gasteiger partial charge in [-0.2, -0.15) is 0 Å². The molecule has 212 valence electrons. The molecular formula is C31H42ClN3O4. The third-order valence-electron chi connectivity index (χ3n) is 7.28. The molecule has 2 aromatic rings. The molecule has 7 nitrogen and oxygen atoms in total. The van der Waals surface area contributed by atoms with Crippen LogP contribution in [-0.2, 0) is 14.3 Å². The molecule has 3 amide bonds. The van der Waals surface area contributed by atoms with Gasteiger partial charge in [-0.15, -0.1) is 0 Å². The van der Waals surface area contributed by atoms with Crippen LogP contribution in [0.3, 0.4) is 0 Å². The molecule has 8 heteroatoms. The largest absolute Gasteiger partial charge is 0.444 e. The van der Waals surface area contributed by atoms with E-state index in [1.165, 1.54) is 0 Å². The van der Waals surface area contributed by atoms with E-state index in [1.807, 2.05) is 65.0 Å². The number of carbonyl (C=O) groups is 3. The van der Waals surface area contributed by atoms with Gasteiger partial charge < -0.3 is 20.3 Å². The summed E-state index contributed by atoms with van der Waals surface area (Å²) in [6.45, 7) is 15.1. The van der Waals surface area contributed by atoms with Gasteiger partial charge in [0.05, 0.1) is 10.7 Å². The minimum atomic E-state index is -0.910. The van der Waals surface area contributed by atoms with Crippen LogP contribution in [-0.4, -0.2) is 40.5 Å². The number of amides is 3. The van der Waals surface area contributed by atoms with Crippen molar-refractivity contribution in [3.8, 4) is 0 Å². The van der Waals surface area contributed by atoms with Gasteiger partial charge in [0.1, 0.15) is 17.7 Å². The number of halogens is 1. The zero-order valence-corrected chi connectivity index (χ0v) is 25.1. The van der Waals surface area contributed by atoms with Crippen LogP contribution in [0.15, 0.2) is 36.4 Å². The Morgan fingerprint density at radius 1 is 1.05 bits per heavy atom. The van der Waals surface area contributed by atoms with Crippen molar-refractivity contribution < 1.29 is 19.1 Å². The van der Waals surface area contributed by atoms with E-state index in [-0.39, 0.29) is 23.8 Å².